The van der Waals surface area contributed by atoms with Crippen LogP contribution in [-0.2, 0) is 0 Å². The second-order valence-electron chi connectivity index (χ2n) is 4.59. The molecule has 0 unspecified atom stereocenters. The van der Waals surface area contributed by atoms with Crippen LogP contribution >= 0.6 is 0 Å². The number of benzene rings is 1. The molecule has 0 radical (unpaired) electrons. The average Bonchev–Trinajstić information content (AvgIpc) is 2.36. The van der Waals surface area contributed by atoms with E-state index in [1.807, 2.05) is 6.92 Å². The molecule has 1 N–H and O–H groups in total. The van der Waals surface area contributed by atoms with Crippen molar-refractivity contribution in [3.05, 3.63) is 29.6 Å². The first-order valence-electron chi connectivity index (χ1n) is 6.83. The van der Waals surface area contributed by atoms with Gasteiger partial charge in [0.2, 0.25) is 0 Å². The highest BCUT2D eigenvalue weighted by Gasteiger charge is 2.02. The van der Waals surface area contributed by atoms with Crippen molar-refractivity contribution in [3.8, 4) is 5.75 Å². The average molecular weight is 253 g/mol. The largest absolute Gasteiger partial charge is 0.489 e. The van der Waals surface area contributed by atoms with Crippen molar-refractivity contribution in [2.24, 2.45) is 0 Å². The van der Waals surface area contributed by atoms with E-state index in [9.17, 15) is 4.39 Å². The van der Waals surface area contributed by atoms with E-state index in [0.29, 0.717) is 12.4 Å². The van der Waals surface area contributed by atoms with Crippen molar-refractivity contribution in [1.82, 2.24) is 5.32 Å². The Kier molecular flexibility index (Phi) is 7.42. The summed E-state index contributed by atoms with van der Waals surface area (Å²) in [6, 6.07) is 4.92. The van der Waals surface area contributed by atoms with Crippen molar-refractivity contribution in [3.63, 3.8) is 0 Å². The zero-order chi connectivity index (χ0) is 13.2. The smallest absolute Gasteiger partial charge is 0.165 e. The topological polar surface area (TPSA) is 21.3 Å². The number of ether oxygens (including phenoxy) is 1. The Balaban J connectivity index is 2.09. The molecule has 18 heavy (non-hydrogen) atoms. The van der Waals surface area contributed by atoms with Gasteiger partial charge in [-0.25, -0.2) is 4.39 Å². The second kappa shape index (κ2) is 8.92. The van der Waals surface area contributed by atoms with E-state index in [2.05, 4.69) is 12.2 Å². The molecule has 1 aromatic carbocycles. The minimum absolute atomic E-state index is 0.288. The van der Waals surface area contributed by atoms with Gasteiger partial charge in [0.15, 0.2) is 11.6 Å². The predicted molar refractivity (Wildman–Crippen MR) is 73.6 cm³/mol. The lowest BCUT2D eigenvalue weighted by Crippen LogP contribution is -2.22. The Labute approximate surface area is 110 Å². The standard InChI is InChI=1S/C15H24FNO/c1-3-4-5-6-9-17-10-11-18-15-12-13(2)7-8-14(15)16/h7-8,12,17H,3-6,9-11H2,1-2H3. The highest BCUT2D eigenvalue weighted by atomic mass is 19.1. The van der Waals surface area contributed by atoms with Crippen molar-refractivity contribution in [2.45, 2.75) is 39.5 Å². The minimum atomic E-state index is -0.288. The molecule has 0 amide bonds. The van der Waals surface area contributed by atoms with Crippen LogP contribution in [0.3, 0.4) is 0 Å². The molecule has 3 heteroatoms. The van der Waals surface area contributed by atoms with E-state index in [1.54, 1.807) is 12.1 Å². The molecule has 0 fully saturated rings. The van der Waals surface area contributed by atoms with Gasteiger partial charge in [0, 0.05) is 6.54 Å². The fraction of sp³-hybridized carbons (Fsp3) is 0.600. The van der Waals surface area contributed by atoms with Gasteiger partial charge >= 0.3 is 0 Å². The van der Waals surface area contributed by atoms with Crippen LogP contribution in [0.15, 0.2) is 18.2 Å². The Morgan fingerprint density at radius 1 is 1.17 bits per heavy atom. The van der Waals surface area contributed by atoms with Crippen LogP contribution in [0.1, 0.15) is 38.2 Å². The molecule has 0 spiro atoms. The highest BCUT2D eigenvalue weighted by molar-refractivity contribution is 5.29. The third-order valence-electron chi connectivity index (χ3n) is 2.83. The van der Waals surface area contributed by atoms with Crippen LogP contribution in [0, 0.1) is 12.7 Å². The normalized spacial score (nSPS) is 10.6. The summed E-state index contributed by atoms with van der Waals surface area (Å²) < 4.78 is 18.7. The molecule has 0 aliphatic rings. The molecule has 2 nitrogen and oxygen atoms in total. The summed E-state index contributed by atoms with van der Waals surface area (Å²) in [5.74, 6) is 0.0614. The molecule has 1 rings (SSSR count). The Hall–Kier alpha value is -1.09. The zero-order valence-electron chi connectivity index (χ0n) is 11.5. The summed E-state index contributed by atoms with van der Waals surface area (Å²) in [7, 11) is 0. The SMILES string of the molecule is CCCCCCNCCOc1cc(C)ccc1F. The monoisotopic (exact) mass is 253 g/mol. The van der Waals surface area contributed by atoms with Crippen LogP contribution in [0.25, 0.3) is 0 Å². The second-order valence-corrected chi connectivity index (χ2v) is 4.59. The summed E-state index contributed by atoms with van der Waals surface area (Å²) in [6.07, 6.45) is 5.03. The lowest BCUT2D eigenvalue weighted by atomic mass is 10.2. The predicted octanol–water partition coefficient (Wildman–Crippen LogP) is 3.68. The molecule has 1 aromatic rings. The molecule has 0 bridgehead atoms. The lowest BCUT2D eigenvalue weighted by Gasteiger charge is -2.09. The number of aryl methyl sites for hydroxylation is 1. The summed E-state index contributed by atoms with van der Waals surface area (Å²) in [6.45, 7) is 6.42. The molecular weight excluding hydrogens is 229 g/mol. The van der Waals surface area contributed by atoms with E-state index >= 15 is 0 Å². The minimum Gasteiger partial charge on any atom is -0.489 e. The van der Waals surface area contributed by atoms with Crippen molar-refractivity contribution < 1.29 is 9.13 Å². The lowest BCUT2D eigenvalue weighted by molar-refractivity contribution is 0.298. The van der Waals surface area contributed by atoms with Gasteiger partial charge in [-0.2, -0.15) is 0 Å². The Morgan fingerprint density at radius 3 is 2.78 bits per heavy atom. The third-order valence-corrected chi connectivity index (χ3v) is 2.83. The molecule has 102 valence electrons. The molecule has 0 atom stereocenters. The summed E-state index contributed by atoms with van der Waals surface area (Å²) >= 11 is 0. The van der Waals surface area contributed by atoms with Gasteiger partial charge < -0.3 is 10.1 Å². The summed E-state index contributed by atoms with van der Waals surface area (Å²) in [5.41, 5.74) is 1.01. The maximum atomic E-state index is 13.3. The molecule has 0 saturated carbocycles. The van der Waals surface area contributed by atoms with E-state index in [0.717, 1.165) is 18.7 Å². The number of halogens is 1. The van der Waals surface area contributed by atoms with Gasteiger partial charge in [0.1, 0.15) is 6.61 Å². The molecule has 0 aliphatic heterocycles. The summed E-state index contributed by atoms with van der Waals surface area (Å²) in [5, 5.41) is 3.30. The van der Waals surface area contributed by atoms with Crippen LogP contribution in [0.5, 0.6) is 5.75 Å². The van der Waals surface area contributed by atoms with E-state index in [1.165, 1.54) is 31.7 Å². The number of hydrogen-bond donors (Lipinski definition) is 1. The first kappa shape index (κ1) is 15.0. The number of rotatable bonds is 9. The fourth-order valence-electron chi connectivity index (χ4n) is 1.76. The first-order valence-corrected chi connectivity index (χ1v) is 6.83. The van der Waals surface area contributed by atoms with E-state index in [4.69, 9.17) is 4.74 Å². The van der Waals surface area contributed by atoms with E-state index in [-0.39, 0.29) is 5.82 Å². The Bertz CT molecular complexity index is 341. The number of hydrogen-bond acceptors (Lipinski definition) is 2. The molecule has 0 heterocycles. The van der Waals surface area contributed by atoms with Gasteiger partial charge in [0.25, 0.3) is 0 Å². The quantitative estimate of drug-likeness (QED) is 0.678. The van der Waals surface area contributed by atoms with Crippen molar-refractivity contribution >= 4 is 0 Å². The molecular formula is C15H24FNO. The fourth-order valence-corrected chi connectivity index (χ4v) is 1.76. The first-order chi connectivity index (χ1) is 8.74. The number of unbranched alkanes of at least 4 members (excludes halogenated alkanes) is 3. The van der Waals surface area contributed by atoms with Gasteiger partial charge in [-0.15, -0.1) is 0 Å². The van der Waals surface area contributed by atoms with Gasteiger partial charge in [0.05, 0.1) is 0 Å². The van der Waals surface area contributed by atoms with E-state index < -0.39 is 0 Å². The molecule has 0 saturated heterocycles. The zero-order valence-corrected chi connectivity index (χ0v) is 11.5. The van der Waals surface area contributed by atoms with Crippen LogP contribution in [0.2, 0.25) is 0 Å². The van der Waals surface area contributed by atoms with Gasteiger partial charge in [-0.3, -0.25) is 0 Å². The van der Waals surface area contributed by atoms with Gasteiger partial charge in [-0.05, 0) is 37.6 Å². The molecule has 0 aromatic heterocycles. The van der Waals surface area contributed by atoms with Gasteiger partial charge in [-0.1, -0.05) is 32.3 Å². The van der Waals surface area contributed by atoms with Crippen molar-refractivity contribution in [2.75, 3.05) is 19.7 Å². The third kappa shape index (κ3) is 6.01. The summed E-state index contributed by atoms with van der Waals surface area (Å²) in [4.78, 5) is 0. The number of nitrogens with one attached hydrogen (secondary N) is 1. The highest BCUT2D eigenvalue weighted by Crippen LogP contribution is 2.17. The maximum Gasteiger partial charge on any atom is 0.165 e. The maximum absolute atomic E-state index is 13.3. The van der Waals surface area contributed by atoms with Crippen LogP contribution < -0.4 is 10.1 Å². The van der Waals surface area contributed by atoms with Crippen molar-refractivity contribution in [1.29, 1.82) is 0 Å². The molecule has 0 aliphatic carbocycles. The van der Waals surface area contributed by atoms with Crippen LogP contribution in [0.4, 0.5) is 4.39 Å². The Morgan fingerprint density at radius 2 is 2.00 bits per heavy atom. The van der Waals surface area contributed by atoms with Crippen LogP contribution in [-0.4, -0.2) is 19.7 Å².